The van der Waals surface area contributed by atoms with E-state index < -0.39 is 17.7 Å². The number of nitrogens with zero attached hydrogens (tertiary/aromatic N) is 1. The molecule has 3 rings (SSSR count). The van der Waals surface area contributed by atoms with Crippen LogP contribution in [0.1, 0.15) is 30.5 Å². The predicted octanol–water partition coefficient (Wildman–Crippen LogP) is 3.27. The molecule has 8 heteroatoms. The van der Waals surface area contributed by atoms with E-state index in [1.54, 1.807) is 0 Å². The number of carboxylic acid groups (broad SMARTS) is 1. The summed E-state index contributed by atoms with van der Waals surface area (Å²) < 4.78 is 5.49. The molecule has 0 atom stereocenters. The fourth-order valence-electron chi connectivity index (χ4n) is 3.25. The SMILES string of the molecule is CCc1cccc(CC)c1CNC(=O)n1[nH]c2c(OC(=O)O)cccc2c1=O. The van der Waals surface area contributed by atoms with Gasteiger partial charge in [0, 0.05) is 6.54 Å². The van der Waals surface area contributed by atoms with E-state index in [0.717, 1.165) is 34.2 Å². The van der Waals surface area contributed by atoms with Crippen molar-refractivity contribution in [1.82, 2.24) is 15.1 Å². The van der Waals surface area contributed by atoms with E-state index >= 15 is 0 Å². The minimum absolute atomic E-state index is 0.0433. The molecule has 0 saturated carbocycles. The summed E-state index contributed by atoms with van der Waals surface area (Å²) in [6, 6.07) is 9.79. The van der Waals surface area contributed by atoms with Gasteiger partial charge in [0.1, 0.15) is 5.52 Å². The zero-order chi connectivity index (χ0) is 20.3. The van der Waals surface area contributed by atoms with E-state index in [0.29, 0.717) is 0 Å². The van der Waals surface area contributed by atoms with Gasteiger partial charge in [0.05, 0.1) is 5.39 Å². The molecule has 0 radical (unpaired) electrons. The summed E-state index contributed by atoms with van der Waals surface area (Å²) in [6.07, 6.45) is 0.163. The molecule has 1 amide bonds. The van der Waals surface area contributed by atoms with Gasteiger partial charge in [-0.25, -0.2) is 9.59 Å². The molecule has 2 aromatic carbocycles. The van der Waals surface area contributed by atoms with Crippen LogP contribution in [0.5, 0.6) is 5.75 Å². The van der Waals surface area contributed by atoms with Crippen LogP contribution in [-0.2, 0) is 19.4 Å². The minimum atomic E-state index is -1.51. The molecule has 1 heterocycles. The average molecular weight is 383 g/mol. The number of ether oxygens (including phenoxy) is 1. The number of H-pyrrole nitrogens is 1. The van der Waals surface area contributed by atoms with Crippen molar-refractivity contribution in [3.8, 4) is 5.75 Å². The Balaban J connectivity index is 1.90. The van der Waals surface area contributed by atoms with Crippen molar-refractivity contribution in [1.29, 1.82) is 0 Å². The smallest absolute Gasteiger partial charge is 0.449 e. The third-order valence-electron chi connectivity index (χ3n) is 4.63. The molecule has 28 heavy (non-hydrogen) atoms. The summed E-state index contributed by atoms with van der Waals surface area (Å²) in [5.41, 5.74) is 2.89. The number of benzene rings is 2. The Hall–Kier alpha value is -3.55. The van der Waals surface area contributed by atoms with Gasteiger partial charge in [0.15, 0.2) is 5.75 Å². The van der Waals surface area contributed by atoms with Crippen LogP contribution in [0, 0.1) is 0 Å². The van der Waals surface area contributed by atoms with Crippen LogP contribution >= 0.6 is 0 Å². The maximum atomic E-state index is 12.6. The van der Waals surface area contributed by atoms with Gasteiger partial charge >= 0.3 is 12.2 Å². The van der Waals surface area contributed by atoms with Crippen LogP contribution in [0.25, 0.3) is 10.9 Å². The van der Waals surface area contributed by atoms with Gasteiger partial charge in [-0.15, -0.1) is 0 Å². The number of para-hydroxylation sites is 1. The number of hydrogen-bond donors (Lipinski definition) is 3. The first-order valence-electron chi connectivity index (χ1n) is 8.98. The lowest BCUT2D eigenvalue weighted by atomic mass is 9.97. The molecule has 0 fully saturated rings. The van der Waals surface area contributed by atoms with E-state index in [-0.39, 0.29) is 23.2 Å². The molecule has 3 aromatic rings. The molecule has 0 aliphatic rings. The third kappa shape index (κ3) is 3.62. The number of hydrogen-bond acceptors (Lipinski definition) is 4. The topological polar surface area (TPSA) is 113 Å². The molecule has 0 spiro atoms. The number of aromatic amines is 1. The third-order valence-corrected chi connectivity index (χ3v) is 4.63. The lowest BCUT2D eigenvalue weighted by Gasteiger charge is -2.13. The molecule has 0 aliphatic heterocycles. The highest BCUT2D eigenvalue weighted by atomic mass is 16.7. The number of aryl methyl sites for hydroxylation is 2. The summed E-state index contributed by atoms with van der Waals surface area (Å²) in [4.78, 5) is 36.0. The van der Waals surface area contributed by atoms with Crippen molar-refractivity contribution in [2.75, 3.05) is 0 Å². The number of fused-ring (bicyclic) bond motifs is 1. The number of aromatic nitrogens is 2. The number of amides is 1. The molecule has 146 valence electrons. The Bertz CT molecular complexity index is 1070. The van der Waals surface area contributed by atoms with Crippen molar-refractivity contribution in [3.63, 3.8) is 0 Å². The zero-order valence-corrected chi connectivity index (χ0v) is 15.6. The van der Waals surface area contributed by atoms with Gasteiger partial charge in [0.2, 0.25) is 0 Å². The normalized spacial score (nSPS) is 10.8. The van der Waals surface area contributed by atoms with Gasteiger partial charge < -0.3 is 15.2 Å². The van der Waals surface area contributed by atoms with E-state index in [1.165, 1.54) is 18.2 Å². The highest BCUT2D eigenvalue weighted by Gasteiger charge is 2.17. The minimum Gasteiger partial charge on any atom is -0.449 e. The van der Waals surface area contributed by atoms with Crippen LogP contribution in [0.4, 0.5) is 9.59 Å². The standard InChI is InChI=1S/C20H21N3O5/c1-3-12-7-5-8-13(4-2)15(12)11-21-19(25)23-18(24)14-9-6-10-16(17(14)22-23)28-20(26)27/h5-10,22H,3-4,11H2,1-2H3,(H,21,25)(H,26,27). The van der Waals surface area contributed by atoms with Gasteiger partial charge in [-0.3, -0.25) is 9.89 Å². The van der Waals surface area contributed by atoms with Crippen molar-refractivity contribution in [3.05, 3.63) is 63.4 Å². The van der Waals surface area contributed by atoms with E-state index in [4.69, 9.17) is 5.11 Å². The monoisotopic (exact) mass is 383 g/mol. The van der Waals surface area contributed by atoms with Crippen molar-refractivity contribution >= 4 is 23.1 Å². The summed E-state index contributed by atoms with van der Waals surface area (Å²) in [6.45, 7) is 4.38. The second kappa shape index (κ2) is 7.99. The Morgan fingerprint density at radius 3 is 2.36 bits per heavy atom. The number of carbonyl (C=O) groups excluding carboxylic acids is 1. The second-order valence-corrected chi connectivity index (χ2v) is 6.22. The Morgan fingerprint density at radius 2 is 1.75 bits per heavy atom. The highest BCUT2D eigenvalue weighted by molar-refractivity contribution is 5.89. The second-order valence-electron chi connectivity index (χ2n) is 6.22. The quantitative estimate of drug-likeness (QED) is 0.462. The van der Waals surface area contributed by atoms with Crippen molar-refractivity contribution < 1.29 is 19.4 Å². The van der Waals surface area contributed by atoms with Crippen LogP contribution < -0.4 is 15.6 Å². The summed E-state index contributed by atoms with van der Waals surface area (Å²) in [7, 11) is 0. The highest BCUT2D eigenvalue weighted by Crippen LogP contribution is 2.21. The van der Waals surface area contributed by atoms with Crippen molar-refractivity contribution in [2.24, 2.45) is 0 Å². The van der Waals surface area contributed by atoms with Crippen molar-refractivity contribution in [2.45, 2.75) is 33.2 Å². The Kier molecular flexibility index (Phi) is 5.49. The van der Waals surface area contributed by atoms with Gasteiger partial charge in [-0.2, -0.15) is 4.68 Å². The predicted molar refractivity (Wildman–Crippen MR) is 104 cm³/mol. The lowest BCUT2D eigenvalue weighted by Crippen LogP contribution is -2.35. The number of rotatable bonds is 5. The molecule has 0 unspecified atom stereocenters. The lowest BCUT2D eigenvalue weighted by molar-refractivity contribution is 0.145. The van der Waals surface area contributed by atoms with Crippen LogP contribution in [0.3, 0.4) is 0 Å². The number of nitrogens with one attached hydrogen (secondary N) is 2. The Morgan fingerprint density at radius 1 is 1.11 bits per heavy atom. The summed E-state index contributed by atoms with van der Waals surface area (Å²) in [5, 5.41) is 14.4. The van der Waals surface area contributed by atoms with E-state index in [2.05, 4.69) is 15.2 Å². The maximum Gasteiger partial charge on any atom is 0.511 e. The van der Waals surface area contributed by atoms with Gasteiger partial charge in [-0.1, -0.05) is 38.1 Å². The zero-order valence-electron chi connectivity index (χ0n) is 15.6. The molecule has 0 aliphatic carbocycles. The fourth-order valence-corrected chi connectivity index (χ4v) is 3.25. The van der Waals surface area contributed by atoms with Crippen LogP contribution in [0.15, 0.2) is 41.2 Å². The summed E-state index contributed by atoms with van der Waals surface area (Å²) >= 11 is 0. The molecular weight excluding hydrogens is 362 g/mol. The van der Waals surface area contributed by atoms with E-state index in [9.17, 15) is 14.4 Å². The molecule has 1 aromatic heterocycles. The Labute approximate surface area is 160 Å². The molecule has 8 nitrogen and oxygen atoms in total. The average Bonchev–Trinajstić information content (AvgIpc) is 3.03. The first kappa shape index (κ1) is 19.2. The van der Waals surface area contributed by atoms with E-state index in [1.807, 2.05) is 32.0 Å². The maximum absolute atomic E-state index is 12.6. The first-order valence-corrected chi connectivity index (χ1v) is 8.98. The first-order chi connectivity index (χ1) is 13.5. The van der Waals surface area contributed by atoms with Crippen LogP contribution in [0.2, 0.25) is 0 Å². The fraction of sp³-hybridized carbons (Fsp3) is 0.250. The van der Waals surface area contributed by atoms with Gasteiger partial charge in [-0.05, 0) is 41.7 Å². The summed E-state index contributed by atoms with van der Waals surface area (Å²) in [5.74, 6) is -0.0433. The van der Waals surface area contributed by atoms with Gasteiger partial charge in [0.25, 0.3) is 5.56 Å². The molecular formula is C20H21N3O5. The largest absolute Gasteiger partial charge is 0.511 e. The molecule has 3 N–H and O–H groups in total. The molecule has 0 saturated heterocycles. The number of carbonyl (C=O) groups is 2. The molecule has 0 bridgehead atoms. The van der Waals surface area contributed by atoms with Crippen LogP contribution in [-0.4, -0.2) is 27.1 Å².